The van der Waals surface area contributed by atoms with Crippen molar-refractivity contribution in [1.82, 2.24) is 29.7 Å². The molecule has 2 amide bonds. The largest absolute Gasteiger partial charge is 0.444 e. The second-order valence-corrected chi connectivity index (χ2v) is 22.2. The van der Waals surface area contributed by atoms with Crippen LogP contribution >= 0.6 is 0 Å². The molecule has 8 aliphatic rings. The van der Waals surface area contributed by atoms with Crippen molar-refractivity contribution in [3.63, 3.8) is 0 Å². The molecule has 4 bridgehead atoms. The molecular formula is C56H66N6O4. The highest BCUT2D eigenvalue weighted by Crippen LogP contribution is 2.48. The summed E-state index contributed by atoms with van der Waals surface area (Å²) in [6.45, 7) is 11.7. The number of carbonyl (C=O) groups excluding carboxylic acids is 2. The van der Waals surface area contributed by atoms with Crippen molar-refractivity contribution in [2.75, 3.05) is 0 Å². The summed E-state index contributed by atoms with van der Waals surface area (Å²) in [6.07, 6.45) is 14.1. The average molecular weight is 887 g/mol. The predicted molar refractivity (Wildman–Crippen MR) is 260 cm³/mol. The Balaban J connectivity index is 0.854. The fourth-order valence-corrected chi connectivity index (χ4v) is 12.4. The monoisotopic (exact) mass is 887 g/mol. The van der Waals surface area contributed by atoms with Crippen LogP contribution in [0.1, 0.15) is 152 Å². The molecule has 6 atom stereocenters. The van der Waals surface area contributed by atoms with Crippen LogP contribution in [-0.2, 0) is 35.2 Å². The zero-order valence-corrected chi connectivity index (χ0v) is 39.7. The SMILES string of the molecule is CC(C)(C)OC(=O)N1C(c2nc3ccc(-c4cc5ccc4CCc4ccc(c(-c6ccc7nc([C@@H]8C[C@@H]9CCCC[C@@H]9N8C(=O)OC(C)(C)C)[nH]c7c6)c4)CC5)cc3[nH]2)C[C@@H]2CCCC[C@@H]21. The van der Waals surface area contributed by atoms with Crippen LogP contribution in [-0.4, -0.2) is 65.2 Å². The first-order chi connectivity index (χ1) is 31.7. The summed E-state index contributed by atoms with van der Waals surface area (Å²) in [5.74, 6) is 2.67. The molecule has 4 aromatic carbocycles. The minimum absolute atomic E-state index is 0.124. The zero-order chi connectivity index (χ0) is 45.5. The summed E-state index contributed by atoms with van der Waals surface area (Å²) in [5.41, 5.74) is 13.0. The van der Waals surface area contributed by atoms with Crippen molar-refractivity contribution in [3.05, 3.63) is 107 Å². The van der Waals surface area contributed by atoms with Gasteiger partial charge in [0.2, 0.25) is 0 Å². The molecule has 0 spiro atoms. The minimum Gasteiger partial charge on any atom is -0.444 e. The van der Waals surface area contributed by atoms with E-state index in [4.69, 9.17) is 19.4 Å². The summed E-state index contributed by atoms with van der Waals surface area (Å²) < 4.78 is 12.0. The maximum Gasteiger partial charge on any atom is 0.411 e. The Morgan fingerprint density at radius 2 is 0.970 bits per heavy atom. The molecule has 14 rings (SSSR count). The van der Waals surface area contributed by atoms with Crippen LogP contribution in [0.2, 0.25) is 0 Å². The van der Waals surface area contributed by atoms with Gasteiger partial charge in [0.1, 0.15) is 22.9 Å². The lowest BCUT2D eigenvalue weighted by Gasteiger charge is -2.34. The molecule has 66 heavy (non-hydrogen) atoms. The van der Waals surface area contributed by atoms with Crippen LogP contribution < -0.4 is 0 Å². The second-order valence-electron chi connectivity index (χ2n) is 22.2. The van der Waals surface area contributed by atoms with Crippen molar-refractivity contribution in [3.8, 4) is 22.3 Å². The van der Waals surface area contributed by atoms with E-state index in [2.05, 4.69) is 82.8 Å². The number of fused-ring (bicyclic) bond motifs is 4. The number of carbonyl (C=O) groups is 2. The Morgan fingerprint density at radius 3 is 1.39 bits per heavy atom. The van der Waals surface area contributed by atoms with Crippen molar-refractivity contribution in [1.29, 1.82) is 0 Å². The second kappa shape index (κ2) is 16.6. The van der Waals surface area contributed by atoms with E-state index >= 15 is 0 Å². The van der Waals surface area contributed by atoms with Gasteiger partial charge in [0.05, 0.1) is 34.2 Å². The quantitative estimate of drug-likeness (QED) is 0.182. The third-order valence-corrected chi connectivity index (χ3v) is 15.4. The van der Waals surface area contributed by atoms with Gasteiger partial charge >= 0.3 is 12.2 Å². The average Bonchev–Trinajstić information content (AvgIpc) is 4.07. The summed E-state index contributed by atoms with van der Waals surface area (Å²) in [7, 11) is 0. The molecule has 344 valence electrons. The highest BCUT2D eigenvalue weighted by Gasteiger charge is 2.49. The maximum atomic E-state index is 13.7. The van der Waals surface area contributed by atoms with Crippen LogP contribution in [0.15, 0.2) is 72.8 Å². The zero-order valence-electron chi connectivity index (χ0n) is 39.7. The van der Waals surface area contributed by atoms with E-state index < -0.39 is 11.2 Å². The number of likely N-dealkylation sites (tertiary alicyclic amines) is 2. The lowest BCUT2D eigenvalue weighted by atomic mass is 9.85. The number of aromatic nitrogens is 4. The molecule has 0 radical (unpaired) electrons. The topological polar surface area (TPSA) is 116 Å². The van der Waals surface area contributed by atoms with Gasteiger partial charge in [-0.15, -0.1) is 0 Å². The molecule has 10 heteroatoms. The van der Waals surface area contributed by atoms with E-state index in [9.17, 15) is 9.59 Å². The Kier molecular flexibility index (Phi) is 10.8. The summed E-state index contributed by atoms with van der Waals surface area (Å²) >= 11 is 0. The first-order valence-electron chi connectivity index (χ1n) is 25.0. The van der Waals surface area contributed by atoms with Crippen LogP contribution in [0.5, 0.6) is 0 Å². The Morgan fingerprint density at radius 1 is 0.545 bits per heavy atom. The number of nitrogens with zero attached hydrogens (tertiary/aromatic N) is 4. The smallest absolute Gasteiger partial charge is 0.411 e. The molecule has 2 saturated carbocycles. The van der Waals surface area contributed by atoms with Crippen molar-refractivity contribution in [2.24, 2.45) is 11.8 Å². The highest BCUT2D eigenvalue weighted by atomic mass is 16.6. The molecule has 2 aliphatic heterocycles. The van der Waals surface area contributed by atoms with Gasteiger partial charge in [0.25, 0.3) is 0 Å². The molecule has 2 saturated heterocycles. The van der Waals surface area contributed by atoms with Crippen molar-refractivity contribution >= 4 is 34.3 Å². The molecule has 2 aromatic heterocycles. The van der Waals surface area contributed by atoms with E-state index in [0.29, 0.717) is 11.8 Å². The number of aromatic amines is 2. The standard InChI is InChI=1S/C56H66N6O4/c1-55(2,3)65-53(63)61-47-13-9-7-11-39(47)31-49(61)51-57-43-25-23-37(29-45(43)59-51)41-27-33-15-19-35(41)21-17-34-16-20-36(22-18-33)42(28-34)38-24-26-44-46(30-38)60-52(58-44)50-32-40-12-8-10-14-48(40)62(50)54(64)66-56(4,5)6/h15-16,19-20,23-30,39-40,47-50H,7-14,17-18,21-22,31-32H2,1-6H3,(H,57,59)(H,58,60)/t39-,40-,47-,48-,49-,50?/m0/s1. The van der Waals surface area contributed by atoms with Gasteiger partial charge in [0.15, 0.2) is 0 Å². The van der Waals surface area contributed by atoms with E-state index in [1.807, 2.05) is 51.3 Å². The number of ether oxygens (including phenoxy) is 2. The van der Waals surface area contributed by atoms with Crippen LogP contribution in [0.25, 0.3) is 44.3 Å². The van der Waals surface area contributed by atoms with Gasteiger partial charge in [-0.3, -0.25) is 9.80 Å². The van der Waals surface area contributed by atoms with Gasteiger partial charge < -0.3 is 19.4 Å². The Bertz CT molecular complexity index is 2630. The number of imidazole rings is 2. The Labute approximate surface area is 389 Å². The van der Waals surface area contributed by atoms with E-state index in [-0.39, 0.29) is 36.4 Å². The third kappa shape index (κ3) is 8.27. The first-order valence-corrected chi connectivity index (χ1v) is 25.0. The van der Waals surface area contributed by atoms with Gasteiger partial charge in [-0.1, -0.05) is 74.2 Å². The van der Waals surface area contributed by atoms with Crippen LogP contribution in [0.4, 0.5) is 9.59 Å². The highest BCUT2D eigenvalue weighted by molar-refractivity contribution is 5.85. The third-order valence-electron chi connectivity index (χ3n) is 15.4. The molecule has 4 fully saturated rings. The van der Waals surface area contributed by atoms with Crippen LogP contribution in [0.3, 0.4) is 0 Å². The normalized spacial score (nSPS) is 24.3. The number of amides is 2. The van der Waals surface area contributed by atoms with Crippen LogP contribution in [0, 0.1) is 11.8 Å². The molecule has 2 N–H and O–H groups in total. The van der Waals surface area contributed by atoms with Gasteiger partial charge in [-0.2, -0.15) is 0 Å². The van der Waals surface area contributed by atoms with Crippen molar-refractivity contribution < 1.29 is 19.1 Å². The van der Waals surface area contributed by atoms with Crippen molar-refractivity contribution in [2.45, 2.75) is 167 Å². The van der Waals surface area contributed by atoms with E-state index in [0.717, 1.165) is 111 Å². The summed E-state index contributed by atoms with van der Waals surface area (Å²) in [5, 5.41) is 0. The number of H-pyrrole nitrogens is 2. The molecule has 6 aromatic rings. The number of rotatable bonds is 4. The van der Waals surface area contributed by atoms with E-state index in [1.165, 1.54) is 57.3 Å². The molecule has 1 unspecified atom stereocenters. The minimum atomic E-state index is -0.557. The fourth-order valence-electron chi connectivity index (χ4n) is 12.4. The number of nitrogens with one attached hydrogen (secondary N) is 2. The molecule has 6 aliphatic carbocycles. The maximum absolute atomic E-state index is 13.7. The molecular weight excluding hydrogens is 821 g/mol. The summed E-state index contributed by atoms with van der Waals surface area (Å²) in [6, 6.07) is 27.5. The predicted octanol–water partition coefficient (Wildman–Crippen LogP) is 13.1. The van der Waals surface area contributed by atoms with E-state index in [1.54, 1.807) is 0 Å². The first kappa shape index (κ1) is 43.0. The van der Waals surface area contributed by atoms with Gasteiger partial charge in [-0.05, 0) is 186 Å². The summed E-state index contributed by atoms with van der Waals surface area (Å²) in [4.78, 5) is 49.2. The number of hydrogen-bond donors (Lipinski definition) is 2. The van der Waals surface area contributed by atoms with Gasteiger partial charge in [-0.25, -0.2) is 19.6 Å². The Hall–Kier alpha value is -5.64. The molecule has 10 nitrogen and oxygen atoms in total. The number of hydrogen-bond acceptors (Lipinski definition) is 6. The van der Waals surface area contributed by atoms with Gasteiger partial charge in [0, 0.05) is 12.1 Å². The number of benzene rings is 4. The lowest BCUT2D eigenvalue weighted by molar-refractivity contribution is 0.00853. The molecule has 4 heterocycles. The fraction of sp³-hybridized carbons (Fsp3) is 0.500. The lowest BCUT2D eigenvalue weighted by Crippen LogP contribution is -2.43. The number of aryl methyl sites for hydroxylation is 4.